The number of nitrogens with zero attached hydrogens (tertiary/aromatic N) is 2. The number of nitrogens with one attached hydrogen (secondary N) is 1. The molecule has 1 aromatic heterocycles. The molecule has 2 rings (SSSR count). The monoisotopic (exact) mass is 243 g/mol. The summed E-state index contributed by atoms with van der Waals surface area (Å²) >= 11 is 2.97. The summed E-state index contributed by atoms with van der Waals surface area (Å²) in [6.07, 6.45) is 6.32. The molecule has 0 aliphatic heterocycles. The quantitative estimate of drug-likeness (QED) is 0.654. The van der Waals surface area contributed by atoms with E-state index in [9.17, 15) is 4.79 Å². The van der Waals surface area contributed by atoms with Gasteiger partial charge in [0.1, 0.15) is 0 Å². The summed E-state index contributed by atoms with van der Waals surface area (Å²) in [7, 11) is 0. The number of rotatable bonds is 3. The standard InChI is InChI=1S/C9H13N3OS2/c1-14-9-12-11-8(15-9)10-7(13)6-4-2-3-5-6/h6H,2-5H2,1H3,(H,10,11,13). The molecule has 1 amide bonds. The third-order valence-corrected chi connectivity index (χ3v) is 4.35. The van der Waals surface area contributed by atoms with Crippen molar-refractivity contribution in [2.24, 2.45) is 5.92 Å². The summed E-state index contributed by atoms with van der Waals surface area (Å²) in [5, 5.41) is 11.3. The van der Waals surface area contributed by atoms with Crippen LogP contribution in [0.3, 0.4) is 0 Å². The maximum Gasteiger partial charge on any atom is 0.229 e. The minimum Gasteiger partial charge on any atom is -0.300 e. The number of carbonyl (C=O) groups excluding carboxylic acids is 1. The number of hydrogen-bond donors (Lipinski definition) is 1. The van der Waals surface area contributed by atoms with Crippen LogP contribution >= 0.6 is 23.1 Å². The van der Waals surface area contributed by atoms with E-state index < -0.39 is 0 Å². The van der Waals surface area contributed by atoms with Gasteiger partial charge in [0.2, 0.25) is 11.0 Å². The number of thioether (sulfide) groups is 1. The van der Waals surface area contributed by atoms with E-state index in [2.05, 4.69) is 15.5 Å². The van der Waals surface area contributed by atoms with E-state index in [1.54, 1.807) is 11.8 Å². The summed E-state index contributed by atoms with van der Waals surface area (Å²) in [6, 6.07) is 0. The van der Waals surface area contributed by atoms with Crippen molar-refractivity contribution in [3.05, 3.63) is 0 Å². The van der Waals surface area contributed by atoms with Gasteiger partial charge in [0, 0.05) is 5.92 Å². The average molecular weight is 243 g/mol. The molecule has 1 fully saturated rings. The fourth-order valence-corrected chi connectivity index (χ4v) is 2.91. The summed E-state index contributed by atoms with van der Waals surface area (Å²) in [5.74, 6) is 0.294. The van der Waals surface area contributed by atoms with Crippen molar-refractivity contribution >= 4 is 34.1 Å². The van der Waals surface area contributed by atoms with E-state index in [1.807, 2.05) is 6.26 Å². The summed E-state index contributed by atoms with van der Waals surface area (Å²) in [4.78, 5) is 11.7. The van der Waals surface area contributed by atoms with Gasteiger partial charge in [0.25, 0.3) is 0 Å². The van der Waals surface area contributed by atoms with Crippen LogP contribution in [0.2, 0.25) is 0 Å². The zero-order chi connectivity index (χ0) is 10.7. The Morgan fingerprint density at radius 3 is 2.80 bits per heavy atom. The number of carbonyl (C=O) groups is 1. The lowest BCUT2D eigenvalue weighted by molar-refractivity contribution is -0.119. The normalized spacial score (nSPS) is 16.9. The van der Waals surface area contributed by atoms with E-state index in [4.69, 9.17) is 0 Å². The molecule has 15 heavy (non-hydrogen) atoms. The Hall–Kier alpha value is -0.620. The second-order valence-corrected chi connectivity index (χ2v) is 5.58. The van der Waals surface area contributed by atoms with Crippen molar-refractivity contribution < 1.29 is 4.79 Å². The Kier molecular flexibility index (Phi) is 3.58. The lowest BCUT2D eigenvalue weighted by Gasteiger charge is -2.06. The highest BCUT2D eigenvalue weighted by atomic mass is 32.2. The smallest absolute Gasteiger partial charge is 0.229 e. The second-order valence-electron chi connectivity index (χ2n) is 3.55. The zero-order valence-electron chi connectivity index (χ0n) is 8.52. The van der Waals surface area contributed by atoms with Gasteiger partial charge in [-0.3, -0.25) is 4.79 Å². The summed E-state index contributed by atoms with van der Waals surface area (Å²) in [6.45, 7) is 0. The largest absolute Gasteiger partial charge is 0.300 e. The second kappa shape index (κ2) is 4.94. The maximum atomic E-state index is 11.7. The zero-order valence-corrected chi connectivity index (χ0v) is 10.2. The molecule has 1 aliphatic carbocycles. The Bertz CT molecular complexity index is 347. The van der Waals surface area contributed by atoms with Gasteiger partial charge in [-0.05, 0) is 19.1 Å². The Balaban J connectivity index is 1.92. The first kappa shape index (κ1) is 10.9. The van der Waals surface area contributed by atoms with E-state index in [0.717, 1.165) is 17.2 Å². The highest BCUT2D eigenvalue weighted by Crippen LogP contribution is 2.28. The van der Waals surface area contributed by atoms with Gasteiger partial charge in [-0.1, -0.05) is 35.9 Å². The number of hydrogen-bond acceptors (Lipinski definition) is 5. The lowest BCUT2D eigenvalue weighted by atomic mass is 10.1. The van der Waals surface area contributed by atoms with E-state index >= 15 is 0 Å². The highest BCUT2D eigenvalue weighted by Gasteiger charge is 2.23. The van der Waals surface area contributed by atoms with Crippen molar-refractivity contribution in [1.29, 1.82) is 0 Å². The summed E-state index contributed by atoms with van der Waals surface area (Å²) < 4.78 is 0.886. The third-order valence-electron chi connectivity index (χ3n) is 2.54. The Labute approximate surface area is 96.9 Å². The minimum atomic E-state index is 0.108. The van der Waals surface area contributed by atoms with Crippen LogP contribution in [0, 0.1) is 5.92 Å². The van der Waals surface area contributed by atoms with Crippen molar-refractivity contribution in [1.82, 2.24) is 10.2 Å². The SMILES string of the molecule is CSc1nnc(NC(=O)C2CCCC2)s1. The molecule has 1 N–H and O–H groups in total. The van der Waals surface area contributed by atoms with Crippen molar-refractivity contribution in [3.8, 4) is 0 Å². The molecule has 82 valence electrons. The van der Waals surface area contributed by atoms with Gasteiger partial charge in [0.15, 0.2) is 4.34 Å². The summed E-state index contributed by atoms with van der Waals surface area (Å²) in [5.41, 5.74) is 0. The maximum absolute atomic E-state index is 11.7. The predicted molar refractivity (Wildman–Crippen MR) is 62.3 cm³/mol. The van der Waals surface area contributed by atoms with Gasteiger partial charge in [-0.25, -0.2) is 0 Å². The van der Waals surface area contributed by atoms with E-state index in [-0.39, 0.29) is 11.8 Å². The van der Waals surface area contributed by atoms with Crippen LogP contribution in [-0.4, -0.2) is 22.4 Å². The molecule has 0 spiro atoms. The van der Waals surface area contributed by atoms with Crippen LogP contribution in [0.25, 0.3) is 0 Å². The number of amides is 1. The van der Waals surface area contributed by atoms with Gasteiger partial charge >= 0.3 is 0 Å². The van der Waals surface area contributed by atoms with Crippen molar-refractivity contribution in [2.45, 2.75) is 30.0 Å². The number of anilines is 1. The molecule has 1 aliphatic rings. The van der Waals surface area contributed by atoms with Crippen LogP contribution in [0.4, 0.5) is 5.13 Å². The third kappa shape index (κ3) is 2.69. The first-order valence-electron chi connectivity index (χ1n) is 4.98. The molecule has 0 atom stereocenters. The fourth-order valence-electron chi connectivity index (χ4n) is 1.74. The molecule has 1 heterocycles. The van der Waals surface area contributed by atoms with Crippen molar-refractivity contribution in [3.63, 3.8) is 0 Å². The number of aromatic nitrogens is 2. The molecule has 1 aromatic rings. The lowest BCUT2D eigenvalue weighted by Crippen LogP contribution is -2.20. The molecule has 4 nitrogen and oxygen atoms in total. The Morgan fingerprint density at radius 1 is 1.47 bits per heavy atom. The first-order valence-corrected chi connectivity index (χ1v) is 7.02. The first-order chi connectivity index (χ1) is 7.29. The average Bonchev–Trinajstić information content (AvgIpc) is 2.87. The van der Waals surface area contributed by atoms with Crippen molar-refractivity contribution in [2.75, 3.05) is 11.6 Å². The predicted octanol–water partition coefficient (Wildman–Crippen LogP) is 2.39. The topological polar surface area (TPSA) is 54.9 Å². The Morgan fingerprint density at radius 2 is 2.20 bits per heavy atom. The minimum absolute atomic E-state index is 0.108. The van der Waals surface area contributed by atoms with Gasteiger partial charge in [-0.15, -0.1) is 10.2 Å². The van der Waals surface area contributed by atoms with Crippen LogP contribution in [0.15, 0.2) is 4.34 Å². The molecular formula is C9H13N3OS2. The van der Waals surface area contributed by atoms with Crippen LogP contribution in [0.5, 0.6) is 0 Å². The molecule has 6 heteroatoms. The van der Waals surface area contributed by atoms with E-state index in [0.29, 0.717) is 5.13 Å². The molecule has 0 bridgehead atoms. The van der Waals surface area contributed by atoms with E-state index in [1.165, 1.54) is 24.2 Å². The molecule has 0 radical (unpaired) electrons. The molecule has 0 aromatic carbocycles. The van der Waals surface area contributed by atoms with Gasteiger partial charge in [0.05, 0.1) is 0 Å². The fraction of sp³-hybridized carbons (Fsp3) is 0.667. The molecule has 0 saturated heterocycles. The van der Waals surface area contributed by atoms with Crippen LogP contribution in [0.1, 0.15) is 25.7 Å². The molecular weight excluding hydrogens is 230 g/mol. The van der Waals surface area contributed by atoms with Crippen LogP contribution in [-0.2, 0) is 4.79 Å². The highest BCUT2D eigenvalue weighted by molar-refractivity contribution is 8.00. The van der Waals surface area contributed by atoms with Gasteiger partial charge in [-0.2, -0.15) is 0 Å². The molecule has 0 unspecified atom stereocenters. The van der Waals surface area contributed by atoms with Gasteiger partial charge < -0.3 is 5.32 Å². The van der Waals surface area contributed by atoms with Crippen LogP contribution < -0.4 is 5.32 Å². The molecule has 1 saturated carbocycles.